The smallest absolute Gasteiger partial charge is 0.258 e. The Labute approximate surface area is 117 Å². The van der Waals surface area contributed by atoms with Gasteiger partial charge >= 0.3 is 0 Å². The molecular weight excluding hydrogens is 252 g/mol. The maximum absolute atomic E-state index is 12.6. The fraction of sp³-hybridized carbons (Fsp3) is 0.188. The summed E-state index contributed by atoms with van der Waals surface area (Å²) < 4.78 is 0. The Kier molecular flexibility index (Phi) is 3.29. The van der Waals surface area contributed by atoms with Gasteiger partial charge in [0.05, 0.1) is 5.69 Å². The molecule has 20 heavy (non-hydrogen) atoms. The van der Waals surface area contributed by atoms with Crippen molar-refractivity contribution < 1.29 is 9.59 Å². The van der Waals surface area contributed by atoms with Gasteiger partial charge in [-0.1, -0.05) is 12.1 Å². The third-order valence-corrected chi connectivity index (χ3v) is 3.45. The number of fused-ring (bicyclic) bond motifs is 1. The van der Waals surface area contributed by atoms with Crippen LogP contribution in [0.2, 0.25) is 0 Å². The molecule has 4 heteroatoms. The van der Waals surface area contributed by atoms with Crippen LogP contribution >= 0.6 is 0 Å². The van der Waals surface area contributed by atoms with Crippen molar-refractivity contribution in [1.82, 2.24) is 4.98 Å². The summed E-state index contributed by atoms with van der Waals surface area (Å²) in [6.07, 6.45) is 4.37. The number of amides is 1. The molecule has 2 heterocycles. The van der Waals surface area contributed by atoms with Crippen molar-refractivity contribution >= 4 is 17.4 Å². The van der Waals surface area contributed by atoms with E-state index in [0.717, 1.165) is 0 Å². The summed E-state index contributed by atoms with van der Waals surface area (Å²) in [5.41, 5.74) is 1.92. The molecule has 2 aromatic rings. The second-order valence-corrected chi connectivity index (χ2v) is 4.74. The standard InChI is InChI=1S/C16H14N2O2/c19-15-6-3-11-18(14-5-2-1-4-13(14)15)16(20)12-7-9-17-10-8-12/h1-2,4-5,7-10H,3,6,11H2. The zero-order valence-electron chi connectivity index (χ0n) is 11.0. The lowest BCUT2D eigenvalue weighted by atomic mass is 10.1. The van der Waals surface area contributed by atoms with Crippen LogP contribution in [0.4, 0.5) is 5.69 Å². The van der Waals surface area contributed by atoms with Crippen LogP contribution in [0, 0.1) is 0 Å². The Balaban J connectivity index is 2.04. The number of benzene rings is 1. The van der Waals surface area contributed by atoms with Crippen molar-refractivity contribution in [2.24, 2.45) is 0 Å². The summed E-state index contributed by atoms with van der Waals surface area (Å²) in [4.78, 5) is 30.3. The number of nitrogens with zero attached hydrogens (tertiary/aromatic N) is 2. The highest BCUT2D eigenvalue weighted by Gasteiger charge is 2.25. The maximum Gasteiger partial charge on any atom is 0.258 e. The number of ketones is 1. The van der Waals surface area contributed by atoms with Crippen molar-refractivity contribution in [2.75, 3.05) is 11.4 Å². The molecule has 0 N–H and O–H groups in total. The lowest BCUT2D eigenvalue weighted by Gasteiger charge is -2.22. The predicted octanol–water partition coefficient (Wildman–Crippen LogP) is 2.70. The normalized spacial score (nSPS) is 14.6. The minimum absolute atomic E-state index is 0.0884. The van der Waals surface area contributed by atoms with Gasteiger partial charge in [0.25, 0.3) is 5.91 Å². The molecule has 1 aliphatic heterocycles. The number of rotatable bonds is 1. The highest BCUT2D eigenvalue weighted by atomic mass is 16.2. The van der Waals surface area contributed by atoms with Crippen molar-refractivity contribution in [3.63, 3.8) is 0 Å². The van der Waals surface area contributed by atoms with Crippen LogP contribution in [-0.4, -0.2) is 23.2 Å². The van der Waals surface area contributed by atoms with Crippen LogP contribution in [0.3, 0.4) is 0 Å². The average Bonchev–Trinajstić information content (AvgIpc) is 2.67. The topological polar surface area (TPSA) is 50.3 Å². The molecule has 4 nitrogen and oxygen atoms in total. The summed E-state index contributed by atoms with van der Waals surface area (Å²) in [5, 5.41) is 0. The van der Waals surface area contributed by atoms with Gasteiger partial charge < -0.3 is 4.90 Å². The first-order chi connectivity index (χ1) is 9.77. The first-order valence-corrected chi connectivity index (χ1v) is 6.61. The molecule has 1 aromatic carbocycles. The van der Waals surface area contributed by atoms with Gasteiger partial charge in [0, 0.05) is 36.5 Å². The highest BCUT2D eigenvalue weighted by Crippen LogP contribution is 2.27. The third kappa shape index (κ3) is 2.20. The first-order valence-electron chi connectivity index (χ1n) is 6.61. The number of Topliss-reactive ketones (excluding diaryl/α,β-unsaturated/α-hetero) is 1. The Morgan fingerprint density at radius 3 is 2.65 bits per heavy atom. The molecule has 1 aromatic heterocycles. The SMILES string of the molecule is O=C1CCCN(C(=O)c2ccncc2)c2ccccc21. The second kappa shape index (κ2) is 5.25. The van der Waals surface area contributed by atoms with Gasteiger partial charge in [0.2, 0.25) is 0 Å². The van der Waals surface area contributed by atoms with E-state index in [0.29, 0.717) is 36.2 Å². The molecule has 0 bridgehead atoms. The Bertz CT molecular complexity index is 653. The Morgan fingerprint density at radius 2 is 1.85 bits per heavy atom. The van der Waals surface area contributed by atoms with Crippen LogP contribution < -0.4 is 4.90 Å². The molecule has 0 spiro atoms. The summed E-state index contributed by atoms with van der Waals surface area (Å²) in [7, 11) is 0. The Hall–Kier alpha value is -2.49. The van der Waals surface area contributed by atoms with Gasteiger partial charge in [-0.2, -0.15) is 0 Å². The minimum Gasteiger partial charge on any atom is -0.308 e. The van der Waals surface area contributed by atoms with E-state index in [2.05, 4.69) is 4.98 Å². The number of anilines is 1. The van der Waals surface area contributed by atoms with Crippen molar-refractivity contribution in [1.29, 1.82) is 0 Å². The number of para-hydroxylation sites is 1. The average molecular weight is 266 g/mol. The summed E-state index contributed by atoms with van der Waals surface area (Å²) in [6, 6.07) is 10.7. The van der Waals surface area contributed by atoms with Crippen LogP contribution in [0.5, 0.6) is 0 Å². The van der Waals surface area contributed by atoms with Gasteiger partial charge in [-0.05, 0) is 30.7 Å². The molecule has 100 valence electrons. The minimum atomic E-state index is -0.0884. The number of carbonyl (C=O) groups excluding carboxylic acids is 2. The molecule has 0 saturated carbocycles. The molecule has 1 amide bonds. The highest BCUT2D eigenvalue weighted by molar-refractivity contribution is 6.11. The number of pyridine rings is 1. The molecule has 0 aliphatic carbocycles. The maximum atomic E-state index is 12.6. The quantitative estimate of drug-likeness (QED) is 0.797. The summed E-state index contributed by atoms with van der Waals surface area (Å²) in [5.74, 6) is 0.0141. The van der Waals surface area contributed by atoms with E-state index in [1.165, 1.54) is 0 Å². The van der Waals surface area contributed by atoms with Crippen LogP contribution in [0.15, 0.2) is 48.8 Å². The van der Waals surface area contributed by atoms with E-state index in [1.54, 1.807) is 35.5 Å². The second-order valence-electron chi connectivity index (χ2n) is 4.74. The van der Waals surface area contributed by atoms with Crippen molar-refractivity contribution in [2.45, 2.75) is 12.8 Å². The molecule has 1 aliphatic rings. The zero-order chi connectivity index (χ0) is 13.9. The van der Waals surface area contributed by atoms with Gasteiger partial charge in [0.15, 0.2) is 5.78 Å². The van der Waals surface area contributed by atoms with E-state index < -0.39 is 0 Å². The lowest BCUT2D eigenvalue weighted by molar-refractivity contribution is 0.0973. The number of hydrogen-bond acceptors (Lipinski definition) is 3. The number of aromatic nitrogens is 1. The van der Waals surface area contributed by atoms with E-state index >= 15 is 0 Å². The summed E-state index contributed by atoms with van der Waals surface area (Å²) >= 11 is 0. The van der Waals surface area contributed by atoms with Gasteiger partial charge in [-0.3, -0.25) is 14.6 Å². The molecule has 0 unspecified atom stereocenters. The number of hydrogen-bond donors (Lipinski definition) is 0. The van der Waals surface area contributed by atoms with E-state index in [4.69, 9.17) is 0 Å². The molecular formula is C16H14N2O2. The van der Waals surface area contributed by atoms with E-state index in [-0.39, 0.29) is 11.7 Å². The van der Waals surface area contributed by atoms with Gasteiger partial charge in [0.1, 0.15) is 0 Å². The zero-order valence-corrected chi connectivity index (χ0v) is 11.0. The predicted molar refractivity (Wildman–Crippen MR) is 75.9 cm³/mol. The number of carbonyl (C=O) groups is 2. The van der Waals surface area contributed by atoms with Crippen LogP contribution in [0.1, 0.15) is 33.6 Å². The summed E-state index contributed by atoms with van der Waals surface area (Å²) in [6.45, 7) is 0.559. The van der Waals surface area contributed by atoms with Crippen LogP contribution in [-0.2, 0) is 0 Å². The van der Waals surface area contributed by atoms with Crippen molar-refractivity contribution in [3.8, 4) is 0 Å². The van der Waals surface area contributed by atoms with Crippen LogP contribution in [0.25, 0.3) is 0 Å². The molecule has 3 rings (SSSR count). The van der Waals surface area contributed by atoms with E-state index in [1.807, 2.05) is 18.2 Å². The molecule has 0 saturated heterocycles. The largest absolute Gasteiger partial charge is 0.308 e. The third-order valence-electron chi connectivity index (χ3n) is 3.45. The first kappa shape index (κ1) is 12.5. The fourth-order valence-electron chi connectivity index (χ4n) is 2.46. The molecule has 0 atom stereocenters. The van der Waals surface area contributed by atoms with Crippen molar-refractivity contribution in [3.05, 3.63) is 59.9 Å². The fourth-order valence-corrected chi connectivity index (χ4v) is 2.46. The molecule has 0 fully saturated rings. The Morgan fingerprint density at radius 1 is 1.10 bits per heavy atom. The van der Waals surface area contributed by atoms with Gasteiger partial charge in [-0.15, -0.1) is 0 Å². The lowest BCUT2D eigenvalue weighted by Crippen LogP contribution is -2.31. The monoisotopic (exact) mass is 266 g/mol. The van der Waals surface area contributed by atoms with E-state index in [9.17, 15) is 9.59 Å². The van der Waals surface area contributed by atoms with Gasteiger partial charge in [-0.25, -0.2) is 0 Å². The molecule has 0 radical (unpaired) electrons.